The average Bonchev–Trinajstić information content (AvgIpc) is 2.41. The molecule has 0 bridgehead atoms. The predicted octanol–water partition coefficient (Wildman–Crippen LogP) is 3.91. The van der Waals surface area contributed by atoms with Crippen molar-refractivity contribution in [1.82, 2.24) is 0 Å². The van der Waals surface area contributed by atoms with Crippen molar-refractivity contribution < 1.29 is 0 Å². The largest absolute Gasteiger partial charge is 0.398 e. The van der Waals surface area contributed by atoms with Crippen LogP contribution in [0.15, 0.2) is 42.5 Å². The van der Waals surface area contributed by atoms with Gasteiger partial charge in [0.1, 0.15) is 0 Å². The number of hydrogen-bond acceptors (Lipinski definition) is 2. The standard InChI is InChI=1S/C17H22N2/c1-4-19(12-15-9-6-5-8-13(15)2)17-11-7-10-16(18)14(17)3/h5-11H,4,12,18H2,1-3H3. The van der Waals surface area contributed by atoms with Gasteiger partial charge < -0.3 is 10.6 Å². The molecule has 2 N–H and O–H groups in total. The monoisotopic (exact) mass is 254 g/mol. The van der Waals surface area contributed by atoms with E-state index in [0.717, 1.165) is 24.3 Å². The maximum atomic E-state index is 6.01. The molecule has 2 nitrogen and oxygen atoms in total. The Kier molecular flexibility index (Phi) is 4.10. The molecule has 0 heterocycles. The van der Waals surface area contributed by atoms with Gasteiger partial charge in [0, 0.05) is 24.5 Å². The van der Waals surface area contributed by atoms with Crippen molar-refractivity contribution in [2.24, 2.45) is 0 Å². The van der Waals surface area contributed by atoms with Crippen molar-refractivity contribution in [3.63, 3.8) is 0 Å². The van der Waals surface area contributed by atoms with Crippen LogP contribution in [0.1, 0.15) is 23.6 Å². The maximum Gasteiger partial charge on any atom is 0.0432 e. The lowest BCUT2D eigenvalue weighted by atomic mass is 10.1. The quantitative estimate of drug-likeness (QED) is 0.838. The number of nitrogens with zero attached hydrogens (tertiary/aromatic N) is 1. The van der Waals surface area contributed by atoms with Gasteiger partial charge in [0.15, 0.2) is 0 Å². The fraction of sp³-hybridized carbons (Fsp3) is 0.294. The minimum atomic E-state index is 0.862. The summed E-state index contributed by atoms with van der Waals surface area (Å²) in [5, 5.41) is 0. The third-order valence-corrected chi connectivity index (χ3v) is 3.69. The van der Waals surface area contributed by atoms with Gasteiger partial charge in [0.25, 0.3) is 0 Å². The number of nitrogens with two attached hydrogens (primary N) is 1. The molecule has 2 aromatic carbocycles. The van der Waals surface area contributed by atoms with Gasteiger partial charge in [-0.05, 0) is 49.6 Å². The minimum Gasteiger partial charge on any atom is -0.398 e. The lowest BCUT2D eigenvalue weighted by molar-refractivity contribution is 0.824. The van der Waals surface area contributed by atoms with Gasteiger partial charge in [-0.2, -0.15) is 0 Å². The summed E-state index contributed by atoms with van der Waals surface area (Å²) in [4.78, 5) is 2.37. The van der Waals surface area contributed by atoms with Crippen LogP contribution in [0.4, 0.5) is 11.4 Å². The molecule has 2 rings (SSSR count). The molecule has 0 unspecified atom stereocenters. The van der Waals surface area contributed by atoms with E-state index in [9.17, 15) is 0 Å². The summed E-state index contributed by atoms with van der Waals surface area (Å²) >= 11 is 0. The van der Waals surface area contributed by atoms with Crippen LogP contribution in [-0.2, 0) is 6.54 Å². The molecule has 0 aliphatic heterocycles. The highest BCUT2D eigenvalue weighted by Gasteiger charge is 2.10. The topological polar surface area (TPSA) is 29.3 Å². The molecule has 0 saturated carbocycles. The van der Waals surface area contributed by atoms with E-state index in [2.05, 4.69) is 56.0 Å². The van der Waals surface area contributed by atoms with Crippen molar-refractivity contribution in [2.45, 2.75) is 27.3 Å². The molecule has 0 saturated heterocycles. The van der Waals surface area contributed by atoms with Crippen molar-refractivity contribution in [2.75, 3.05) is 17.2 Å². The first-order valence-electron chi connectivity index (χ1n) is 6.78. The smallest absolute Gasteiger partial charge is 0.0432 e. The van der Waals surface area contributed by atoms with Crippen LogP contribution in [-0.4, -0.2) is 6.54 Å². The molecule has 100 valence electrons. The summed E-state index contributed by atoms with van der Waals surface area (Å²) in [6.07, 6.45) is 0. The molecule has 0 amide bonds. The van der Waals surface area contributed by atoms with E-state index < -0.39 is 0 Å². The lowest BCUT2D eigenvalue weighted by Crippen LogP contribution is -2.23. The second-order valence-electron chi connectivity index (χ2n) is 4.93. The van der Waals surface area contributed by atoms with Crippen LogP contribution in [0.5, 0.6) is 0 Å². The highest BCUT2D eigenvalue weighted by atomic mass is 15.1. The normalized spacial score (nSPS) is 10.5. The second kappa shape index (κ2) is 5.79. The van der Waals surface area contributed by atoms with E-state index >= 15 is 0 Å². The Balaban J connectivity index is 2.31. The molecular formula is C17H22N2. The highest BCUT2D eigenvalue weighted by molar-refractivity contribution is 5.64. The Labute approximate surface area is 115 Å². The Bertz CT molecular complexity index is 561. The van der Waals surface area contributed by atoms with E-state index in [1.165, 1.54) is 16.8 Å². The van der Waals surface area contributed by atoms with Crippen LogP contribution in [0, 0.1) is 13.8 Å². The first-order chi connectivity index (χ1) is 9.13. The third-order valence-electron chi connectivity index (χ3n) is 3.69. The summed E-state index contributed by atoms with van der Waals surface area (Å²) in [6.45, 7) is 8.33. The Hall–Kier alpha value is -1.96. The van der Waals surface area contributed by atoms with Crippen molar-refractivity contribution in [1.29, 1.82) is 0 Å². The maximum absolute atomic E-state index is 6.01. The van der Waals surface area contributed by atoms with E-state index in [4.69, 9.17) is 5.73 Å². The van der Waals surface area contributed by atoms with Gasteiger partial charge >= 0.3 is 0 Å². The molecular weight excluding hydrogens is 232 g/mol. The molecule has 0 atom stereocenters. The summed E-state index contributed by atoms with van der Waals surface area (Å²) < 4.78 is 0. The van der Waals surface area contributed by atoms with Gasteiger partial charge in [-0.3, -0.25) is 0 Å². The van der Waals surface area contributed by atoms with E-state index in [0.29, 0.717) is 0 Å². The number of anilines is 2. The average molecular weight is 254 g/mol. The highest BCUT2D eigenvalue weighted by Crippen LogP contribution is 2.26. The predicted molar refractivity (Wildman–Crippen MR) is 83.5 cm³/mol. The zero-order chi connectivity index (χ0) is 13.8. The summed E-state index contributed by atoms with van der Waals surface area (Å²) in [5.74, 6) is 0. The lowest BCUT2D eigenvalue weighted by Gasteiger charge is -2.26. The molecule has 0 aliphatic carbocycles. The van der Waals surface area contributed by atoms with Crippen LogP contribution in [0.3, 0.4) is 0 Å². The van der Waals surface area contributed by atoms with Crippen molar-refractivity contribution in [3.8, 4) is 0 Å². The summed E-state index contributed by atoms with van der Waals surface area (Å²) in [7, 11) is 0. The summed E-state index contributed by atoms with van der Waals surface area (Å²) in [5.41, 5.74) is 12.0. The van der Waals surface area contributed by atoms with Crippen LogP contribution in [0.2, 0.25) is 0 Å². The van der Waals surface area contributed by atoms with E-state index in [-0.39, 0.29) is 0 Å². The molecule has 0 radical (unpaired) electrons. The zero-order valence-electron chi connectivity index (χ0n) is 12.0. The molecule has 0 aliphatic rings. The Morgan fingerprint density at radius 2 is 1.74 bits per heavy atom. The van der Waals surface area contributed by atoms with Gasteiger partial charge in [-0.25, -0.2) is 0 Å². The van der Waals surface area contributed by atoms with Crippen LogP contribution >= 0.6 is 0 Å². The second-order valence-corrected chi connectivity index (χ2v) is 4.93. The number of aryl methyl sites for hydroxylation is 1. The zero-order valence-corrected chi connectivity index (χ0v) is 12.0. The molecule has 0 fully saturated rings. The van der Waals surface area contributed by atoms with Gasteiger partial charge in [-0.1, -0.05) is 30.3 Å². The number of rotatable bonds is 4. The van der Waals surface area contributed by atoms with Crippen LogP contribution in [0.25, 0.3) is 0 Å². The number of nitrogen functional groups attached to an aromatic ring is 1. The first-order valence-corrected chi connectivity index (χ1v) is 6.78. The van der Waals surface area contributed by atoms with E-state index in [1.54, 1.807) is 0 Å². The van der Waals surface area contributed by atoms with Gasteiger partial charge in [0.05, 0.1) is 0 Å². The number of benzene rings is 2. The molecule has 19 heavy (non-hydrogen) atoms. The van der Waals surface area contributed by atoms with Crippen molar-refractivity contribution in [3.05, 3.63) is 59.2 Å². The Morgan fingerprint density at radius 1 is 1.00 bits per heavy atom. The molecule has 2 aromatic rings. The third kappa shape index (κ3) is 2.90. The fourth-order valence-electron chi connectivity index (χ4n) is 2.34. The Morgan fingerprint density at radius 3 is 2.42 bits per heavy atom. The van der Waals surface area contributed by atoms with E-state index in [1.807, 2.05) is 12.1 Å². The van der Waals surface area contributed by atoms with Crippen LogP contribution < -0.4 is 10.6 Å². The van der Waals surface area contributed by atoms with Gasteiger partial charge in [-0.15, -0.1) is 0 Å². The first kappa shape index (κ1) is 13.5. The van der Waals surface area contributed by atoms with Crippen molar-refractivity contribution >= 4 is 11.4 Å². The summed E-state index contributed by atoms with van der Waals surface area (Å²) in [6, 6.07) is 14.7. The number of hydrogen-bond donors (Lipinski definition) is 1. The molecule has 0 aromatic heterocycles. The van der Waals surface area contributed by atoms with Gasteiger partial charge in [0.2, 0.25) is 0 Å². The SMILES string of the molecule is CCN(Cc1ccccc1C)c1cccc(N)c1C. The molecule has 2 heteroatoms. The minimum absolute atomic E-state index is 0.862. The fourth-order valence-corrected chi connectivity index (χ4v) is 2.34. The molecule has 0 spiro atoms.